The van der Waals surface area contributed by atoms with Crippen LogP contribution < -0.4 is 22.0 Å². The van der Waals surface area contributed by atoms with Crippen LogP contribution >= 0.6 is 0 Å². The fourth-order valence-corrected chi connectivity index (χ4v) is 2.77. The van der Waals surface area contributed by atoms with Gasteiger partial charge >= 0.3 is 0 Å². The molecule has 124 valence electrons. The molecule has 1 aromatic carbocycles. The molecule has 4 N–H and O–H groups in total. The first-order chi connectivity index (χ1) is 10.9. The van der Waals surface area contributed by atoms with Crippen LogP contribution in [0.2, 0.25) is 0 Å². The molecule has 0 unspecified atom stereocenters. The van der Waals surface area contributed by atoms with Crippen molar-refractivity contribution >= 4 is 0 Å². The van der Waals surface area contributed by atoms with Gasteiger partial charge in [-0.3, -0.25) is 0 Å². The smallest absolute Gasteiger partial charge is 0.0395 e. The van der Waals surface area contributed by atoms with Gasteiger partial charge in [0.25, 0.3) is 0 Å². The molecule has 0 spiro atoms. The third-order valence-electron chi connectivity index (χ3n) is 4.06. The van der Waals surface area contributed by atoms with Crippen molar-refractivity contribution in [1.82, 2.24) is 27.0 Å². The van der Waals surface area contributed by atoms with Gasteiger partial charge in [-0.15, -0.1) is 0 Å². The van der Waals surface area contributed by atoms with Crippen molar-refractivity contribution in [3.63, 3.8) is 0 Å². The second-order valence-corrected chi connectivity index (χ2v) is 6.02. The fraction of sp³-hybridized carbons (Fsp3) is 0.647. The first-order valence-electron chi connectivity index (χ1n) is 8.72. The van der Waals surface area contributed by atoms with E-state index in [2.05, 4.69) is 57.4 Å². The van der Waals surface area contributed by atoms with Gasteiger partial charge in [0.1, 0.15) is 0 Å². The van der Waals surface area contributed by atoms with Crippen LogP contribution in [0.4, 0.5) is 0 Å². The molecule has 1 aliphatic heterocycles. The maximum atomic E-state index is 3.25. The van der Waals surface area contributed by atoms with E-state index in [9.17, 15) is 0 Å². The van der Waals surface area contributed by atoms with Gasteiger partial charge in [0.05, 0.1) is 0 Å². The molecule has 0 amide bonds. The van der Waals surface area contributed by atoms with Crippen molar-refractivity contribution in [2.24, 2.45) is 0 Å². The van der Waals surface area contributed by atoms with E-state index in [1.54, 1.807) is 0 Å². The van der Waals surface area contributed by atoms with Gasteiger partial charge < -0.3 is 0 Å². The van der Waals surface area contributed by atoms with Gasteiger partial charge in [-0.05, 0) is 18.4 Å². The predicted molar refractivity (Wildman–Crippen MR) is 91.2 cm³/mol. The molecule has 5 heteroatoms. The molecule has 1 heterocycles. The molecule has 0 aliphatic carbocycles. The van der Waals surface area contributed by atoms with E-state index in [1.807, 2.05) is 0 Å². The third kappa shape index (κ3) is 7.87. The Morgan fingerprint density at radius 1 is 0.773 bits per heavy atom. The standard InChI is InChI=1S/C17H31N5/c1-2-4-6-11-15-22(16-17-12-8-7-9-13-17)21-20-19-18-14-10-5-3-1/h7-9,12-13,18-21H,1-6,10-11,14-16H2. The summed E-state index contributed by atoms with van der Waals surface area (Å²) >= 11 is 0. The lowest BCUT2D eigenvalue weighted by Crippen LogP contribution is -2.56. The molecular weight excluding hydrogens is 274 g/mol. The summed E-state index contributed by atoms with van der Waals surface area (Å²) in [7, 11) is 0. The first kappa shape index (κ1) is 17.4. The number of hydrogen-bond acceptors (Lipinski definition) is 5. The minimum Gasteiger partial charge on any atom is -0.243 e. The van der Waals surface area contributed by atoms with Crippen molar-refractivity contribution in [3.05, 3.63) is 35.9 Å². The predicted octanol–water partition coefficient (Wildman–Crippen LogP) is 2.64. The highest BCUT2D eigenvalue weighted by Gasteiger charge is 2.05. The van der Waals surface area contributed by atoms with E-state index >= 15 is 0 Å². The summed E-state index contributed by atoms with van der Waals surface area (Å²) in [6, 6.07) is 10.6. The lowest BCUT2D eigenvalue weighted by atomic mass is 10.1. The highest BCUT2D eigenvalue weighted by Crippen LogP contribution is 2.09. The molecule has 5 nitrogen and oxygen atoms in total. The Hall–Kier alpha value is -0.980. The van der Waals surface area contributed by atoms with Crippen LogP contribution in [0.1, 0.15) is 56.9 Å². The zero-order valence-electron chi connectivity index (χ0n) is 13.6. The summed E-state index contributed by atoms with van der Waals surface area (Å²) in [4.78, 5) is 0. The van der Waals surface area contributed by atoms with Gasteiger partial charge in [0, 0.05) is 19.6 Å². The van der Waals surface area contributed by atoms with Crippen LogP contribution in [0.25, 0.3) is 0 Å². The van der Waals surface area contributed by atoms with Crippen LogP contribution in [0.3, 0.4) is 0 Å². The molecule has 2 rings (SSSR count). The van der Waals surface area contributed by atoms with E-state index in [0.29, 0.717) is 0 Å². The number of hydrogen-bond donors (Lipinski definition) is 4. The van der Waals surface area contributed by atoms with Crippen LogP contribution in [0.5, 0.6) is 0 Å². The summed E-state index contributed by atoms with van der Waals surface area (Å²) in [5.41, 5.74) is 13.8. The number of nitrogens with zero attached hydrogens (tertiary/aromatic N) is 1. The van der Waals surface area contributed by atoms with Crippen LogP contribution in [-0.2, 0) is 6.54 Å². The maximum absolute atomic E-state index is 3.25. The Bertz CT molecular complexity index is 355. The van der Waals surface area contributed by atoms with Gasteiger partial charge in [0.15, 0.2) is 0 Å². The second-order valence-electron chi connectivity index (χ2n) is 6.02. The van der Waals surface area contributed by atoms with Crippen molar-refractivity contribution in [3.8, 4) is 0 Å². The molecule has 0 bridgehead atoms. The summed E-state index contributed by atoms with van der Waals surface area (Å²) in [5, 5.41) is 2.23. The van der Waals surface area contributed by atoms with Gasteiger partial charge in [-0.1, -0.05) is 68.9 Å². The number of benzene rings is 1. The van der Waals surface area contributed by atoms with Gasteiger partial charge in [-0.2, -0.15) is 16.6 Å². The van der Waals surface area contributed by atoms with Crippen LogP contribution in [0.15, 0.2) is 30.3 Å². The summed E-state index contributed by atoms with van der Waals surface area (Å²) in [6.45, 7) is 2.94. The summed E-state index contributed by atoms with van der Waals surface area (Å²) in [5.74, 6) is 0. The van der Waals surface area contributed by atoms with E-state index in [4.69, 9.17) is 0 Å². The van der Waals surface area contributed by atoms with E-state index < -0.39 is 0 Å². The Balaban J connectivity index is 1.77. The Kier molecular flexibility index (Phi) is 9.14. The van der Waals surface area contributed by atoms with Crippen molar-refractivity contribution in [2.45, 2.75) is 57.9 Å². The number of nitrogens with one attached hydrogen (secondary N) is 4. The average Bonchev–Trinajstić information content (AvgIpc) is 2.56. The minimum absolute atomic E-state index is 0.898. The summed E-state index contributed by atoms with van der Waals surface area (Å²) < 4.78 is 0. The molecule has 0 radical (unpaired) electrons. The quantitative estimate of drug-likeness (QED) is 0.677. The summed E-state index contributed by atoms with van der Waals surface area (Å²) in [6.07, 6.45) is 10.6. The molecule has 1 fully saturated rings. The Morgan fingerprint density at radius 2 is 1.45 bits per heavy atom. The zero-order valence-corrected chi connectivity index (χ0v) is 13.6. The van der Waals surface area contributed by atoms with Crippen molar-refractivity contribution in [2.75, 3.05) is 13.1 Å². The molecule has 1 aromatic rings. The van der Waals surface area contributed by atoms with Gasteiger partial charge in [-0.25, -0.2) is 10.4 Å². The third-order valence-corrected chi connectivity index (χ3v) is 4.06. The van der Waals surface area contributed by atoms with E-state index in [1.165, 1.54) is 56.9 Å². The van der Waals surface area contributed by atoms with Crippen molar-refractivity contribution in [1.29, 1.82) is 0 Å². The van der Waals surface area contributed by atoms with E-state index in [0.717, 1.165) is 19.6 Å². The maximum Gasteiger partial charge on any atom is 0.0395 e. The molecule has 0 saturated carbocycles. The molecule has 1 saturated heterocycles. The number of hydrazine groups is 4. The minimum atomic E-state index is 0.898. The molecule has 22 heavy (non-hydrogen) atoms. The monoisotopic (exact) mass is 305 g/mol. The topological polar surface area (TPSA) is 51.4 Å². The van der Waals surface area contributed by atoms with E-state index in [-0.39, 0.29) is 0 Å². The fourth-order valence-electron chi connectivity index (χ4n) is 2.77. The molecule has 0 aromatic heterocycles. The molecule has 0 atom stereocenters. The SMILES string of the molecule is c1ccc(CN2CCCCCCCCCCNNNN2)cc1. The highest BCUT2D eigenvalue weighted by molar-refractivity contribution is 5.14. The van der Waals surface area contributed by atoms with Crippen LogP contribution in [-0.4, -0.2) is 18.1 Å². The lowest BCUT2D eigenvalue weighted by molar-refractivity contribution is 0.116. The Morgan fingerprint density at radius 3 is 2.23 bits per heavy atom. The lowest BCUT2D eigenvalue weighted by Gasteiger charge is -2.24. The first-order valence-corrected chi connectivity index (χ1v) is 8.72. The largest absolute Gasteiger partial charge is 0.243 e. The zero-order chi connectivity index (χ0) is 15.3. The molecule has 1 aliphatic rings. The van der Waals surface area contributed by atoms with Gasteiger partial charge in [0.2, 0.25) is 0 Å². The van der Waals surface area contributed by atoms with Crippen LogP contribution in [0, 0.1) is 0 Å². The average molecular weight is 305 g/mol. The number of rotatable bonds is 2. The van der Waals surface area contributed by atoms with Crippen molar-refractivity contribution < 1.29 is 0 Å². The molecular formula is C17H31N5. The normalized spacial score (nSPS) is 20.9. The highest BCUT2D eigenvalue weighted by atomic mass is 15.8. The Labute approximate surface area is 134 Å². The second kappa shape index (κ2) is 11.6.